The number of hydrogen-bond donors (Lipinski definition) is 1. The van der Waals surface area contributed by atoms with Gasteiger partial charge in [-0.3, -0.25) is 14.3 Å². The zero-order chi connectivity index (χ0) is 11.7. The lowest BCUT2D eigenvalue weighted by Gasteiger charge is -1.93. The molecule has 2 rings (SSSR count). The van der Waals surface area contributed by atoms with Crippen LogP contribution in [0.1, 0.15) is 32.1 Å². The molecule has 0 amide bonds. The van der Waals surface area contributed by atoms with E-state index in [1.807, 2.05) is 6.92 Å². The van der Waals surface area contributed by atoms with Crippen molar-refractivity contribution >= 4 is 12.1 Å². The second kappa shape index (κ2) is 3.77. The van der Waals surface area contributed by atoms with Gasteiger partial charge in [0.25, 0.3) is 0 Å². The molecule has 0 aliphatic rings. The van der Waals surface area contributed by atoms with E-state index in [-0.39, 0.29) is 5.78 Å². The summed E-state index contributed by atoms with van der Waals surface area (Å²) in [6, 6.07) is 1.52. The fourth-order valence-electron chi connectivity index (χ4n) is 1.58. The molecule has 0 aliphatic carbocycles. The maximum atomic E-state index is 12.0. The summed E-state index contributed by atoms with van der Waals surface area (Å²) in [7, 11) is 1.76. The first kappa shape index (κ1) is 10.4. The van der Waals surface area contributed by atoms with Crippen LogP contribution in [0.25, 0.3) is 0 Å². The number of rotatable bonds is 3. The van der Waals surface area contributed by atoms with Gasteiger partial charge in [-0.05, 0) is 18.6 Å². The number of H-pyrrole nitrogens is 1. The van der Waals surface area contributed by atoms with Crippen LogP contribution in [0.15, 0.2) is 18.5 Å². The third-order valence-electron chi connectivity index (χ3n) is 2.32. The average molecular weight is 217 g/mol. The predicted molar refractivity (Wildman–Crippen MR) is 57.6 cm³/mol. The van der Waals surface area contributed by atoms with E-state index in [1.165, 1.54) is 12.3 Å². The number of ketones is 1. The second-order valence-corrected chi connectivity index (χ2v) is 3.63. The van der Waals surface area contributed by atoms with Crippen molar-refractivity contribution in [1.82, 2.24) is 14.8 Å². The van der Waals surface area contributed by atoms with Gasteiger partial charge in [0.1, 0.15) is 5.69 Å². The molecule has 0 aromatic carbocycles. The molecule has 2 aromatic rings. The van der Waals surface area contributed by atoms with Gasteiger partial charge in [0.05, 0.1) is 5.69 Å². The molecule has 5 nitrogen and oxygen atoms in total. The SMILES string of the molecule is Cc1cn(C)nc1C(=O)c1c[nH]c(C=O)c1. The monoisotopic (exact) mass is 217 g/mol. The molecule has 0 unspecified atom stereocenters. The van der Waals surface area contributed by atoms with Gasteiger partial charge in [-0.15, -0.1) is 0 Å². The molecule has 82 valence electrons. The van der Waals surface area contributed by atoms with E-state index in [0.29, 0.717) is 23.2 Å². The smallest absolute Gasteiger partial charge is 0.215 e. The van der Waals surface area contributed by atoms with Gasteiger partial charge in [-0.25, -0.2) is 0 Å². The highest BCUT2D eigenvalue weighted by atomic mass is 16.1. The number of nitrogens with zero attached hydrogens (tertiary/aromatic N) is 2. The van der Waals surface area contributed by atoms with Crippen molar-refractivity contribution in [2.75, 3.05) is 0 Å². The summed E-state index contributed by atoms with van der Waals surface area (Å²) in [4.78, 5) is 25.2. The van der Waals surface area contributed by atoms with Crippen LogP contribution in [0.4, 0.5) is 0 Å². The Bertz CT molecular complexity index is 551. The van der Waals surface area contributed by atoms with Crippen molar-refractivity contribution in [3.63, 3.8) is 0 Å². The molecule has 0 bridgehead atoms. The van der Waals surface area contributed by atoms with Crippen LogP contribution in [0, 0.1) is 6.92 Å². The molecule has 0 spiro atoms. The van der Waals surface area contributed by atoms with Gasteiger partial charge in [-0.2, -0.15) is 5.10 Å². The summed E-state index contributed by atoms with van der Waals surface area (Å²) in [6.45, 7) is 1.83. The summed E-state index contributed by atoms with van der Waals surface area (Å²) in [5, 5.41) is 4.09. The lowest BCUT2D eigenvalue weighted by molar-refractivity contribution is 0.103. The minimum atomic E-state index is -0.178. The maximum Gasteiger partial charge on any atom is 0.215 e. The molecule has 0 atom stereocenters. The van der Waals surface area contributed by atoms with E-state index in [2.05, 4.69) is 10.1 Å². The number of aldehydes is 1. The lowest BCUT2D eigenvalue weighted by Crippen LogP contribution is -2.03. The largest absolute Gasteiger partial charge is 0.358 e. The minimum absolute atomic E-state index is 0.178. The molecule has 0 radical (unpaired) electrons. The summed E-state index contributed by atoms with van der Waals surface area (Å²) in [5.41, 5.74) is 2.07. The van der Waals surface area contributed by atoms with Crippen LogP contribution in [-0.2, 0) is 7.05 Å². The lowest BCUT2D eigenvalue weighted by atomic mass is 10.1. The molecule has 5 heteroatoms. The molecule has 0 saturated carbocycles. The summed E-state index contributed by atoms with van der Waals surface area (Å²) in [6.07, 6.45) is 3.96. The molecule has 0 aliphatic heterocycles. The number of nitrogens with one attached hydrogen (secondary N) is 1. The fraction of sp³-hybridized carbons (Fsp3) is 0.182. The number of carbonyl (C=O) groups is 2. The fourth-order valence-corrected chi connectivity index (χ4v) is 1.58. The van der Waals surface area contributed by atoms with Crippen LogP contribution in [0.3, 0.4) is 0 Å². The highest BCUT2D eigenvalue weighted by molar-refractivity contribution is 6.09. The Kier molecular flexibility index (Phi) is 2.44. The minimum Gasteiger partial charge on any atom is -0.358 e. The maximum absolute atomic E-state index is 12.0. The number of hydrogen-bond acceptors (Lipinski definition) is 3. The molecule has 0 saturated heterocycles. The van der Waals surface area contributed by atoms with Gasteiger partial charge in [0.2, 0.25) is 5.78 Å². The van der Waals surface area contributed by atoms with Crippen molar-refractivity contribution in [3.8, 4) is 0 Å². The molecular formula is C11H11N3O2. The van der Waals surface area contributed by atoms with Crippen molar-refractivity contribution in [3.05, 3.63) is 41.0 Å². The zero-order valence-electron chi connectivity index (χ0n) is 9.02. The zero-order valence-corrected chi connectivity index (χ0v) is 9.02. The normalized spacial score (nSPS) is 10.4. The Hall–Kier alpha value is -2.17. The molecule has 1 N–H and O–H groups in total. The Morgan fingerprint density at radius 1 is 1.56 bits per heavy atom. The van der Waals surface area contributed by atoms with Gasteiger partial charge in [0, 0.05) is 25.0 Å². The number of aryl methyl sites for hydroxylation is 2. The predicted octanol–water partition coefficient (Wildman–Crippen LogP) is 1.10. The molecule has 16 heavy (non-hydrogen) atoms. The number of aromatic nitrogens is 3. The van der Waals surface area contributed by atoms with Crippen LogP contribution >= 0.6 is 0 Å². The third-order valence-corrected chi connectivity index (χ3v) is 2.32. The summed E-state index contributed by atoms with van der Waals surface area (Å²) in [5.74, 6) is -0.178. The number of aromatic amines is 1. The Morgan fingerprint density at radius 2 is 2.31 bits per heavy atom. The van der Waals surface area contributed by atoms with E-state index < -0.39 is 0 Å². The van der Waals surface area contributed by atoms with E-state index in [1.54, 1.807) is 17.9 Å². The van der Waals surface area contributed by atoms with E-state index in [0.717, 1.165) is 5.56 Å². The van der Waals surface area contributed by atoms with Gasteiger partial charge in [0.15, 0.2) is 6.29 Å². The molecule has 2 aromatic heterocycles. The van der Waals surface area contributed by atoms with Crippen molar-refractivity contribution in [2.24, 2.45) is 7.05 Å². The Balaban J connectivity index is 2.38. The van der Waals surface area contributed by atoms with Crippen LogP contribution in [-0.4, -0.2) is 26.8 Å². The molecular weight excluding hydrogens is 206 g/mol. The van der Waals surface area contributed by atoms with E-state index >= 15 is 0 Å². The molecule has 2 heterocycles. The van der Waals surface area contributed by atoms with Crippen LogP contribution in [0.2, 0.25) is 0 Å². The first-order valence-corrected chi connectivity index (χ1v) is 4.80. The number of carbonyl (C=O) groups excluding carboxylic acids is 2. The second-order valence-electron chi connectivity index (χ2n) is 3.63. The first-order valence-electron chi connectivity index (χ1n) is 4.80. The van der Waals surface area contributed by atoms with Crippen LogP contribution in [0.5, 0.6) is 0 Å². The highest BCUT2D eigenvalue weighted by Crippen LogP contribution is 2.12. The topological polar surface area (TPSA) is 67.8 Å². The average Bonchev–Trinajstić information content (AvgIpc) is 2.84. The first-order chi connectivity index (χ1) is 7.61. The Labute approximate surface area is 92.1 Å². The van der Waals surface area contributed by atoms with Crippen molar-refractivity contribution in [2.45, 2.75) is 6.92 Å². The van der Waals surface area contributed by atoms with Gasteiger partial charge in [-0.1, -0.05) is 0 Å². The van der Waals surface area contributed by atoms with E-state index in [9.17, 15) is 9.59 Å². The van der Waals surface area contributed by atoms with E-state index in [4.69, 9.17) is 0 Å². The molecule has 0 fully saturated rings. The van der Waals surface area contributed by atoms with Gasteiger partial charge >= 0.3 is 0 Å². The standard InChI is InChI=1S/C11H11N3O2/c1-7-5-14(2)13-10(7)11(16)8-3-9(6-15)12-4-8/h3-6,12H,1-2H3. The highest BCUT2D eigenvalue weighted by Gasteiger charge is 2.16. The third kappa shape index (κ3) is 1.67. The van der Waals surface area contributed by atoms with Crippen molar-refractivity contribution < 1.29 is 9.59 Å². The summed E-state index contributed by atoms with van der Waals surface area (Å²) >= 11 is 0. The quantitative estimate of drug-likeness (QED) is 0.618. The van der Waals surface area contributed by atoms with Crippen LogP contribution < -0.4 is 0 Å². The summed E-state index contributed by atoms with van der Waals surface area (Å²) < 4.78 is 1.59. The van der Waals surface area contributed by atoms with Crippen molar-refractivity contribution in [1.29, 1.82) is 0 Å². The van der Waals surface area contributed by atoms with Gasteiger partial charge < -0.3 is 4.98 Å². The Morgan fingerprint density at radius 3 is 2.81 bits per heavy atom.